The van der Waals surface area contributed by atoms with Crippen molar-refractivity contribution >= 4 is 0 Å². The molecule has 2 heteroatoms. The Labute approximate surface area is 85.0 Å². The van der Waals surface area contributed by atoms with E-state index in [2.05, 4.69) is 29.6 Å². The first-order chi connectivity index (χ1) is 6.81. The van der Waals surface area contributed by atoms with Crippen molar-refractivity contribution < 1.29 is 5.11 Å². The minimum Gasteiger partial charge on any atom is -0.395 e. The van der Waals surface area contributed by atoms with Gasteiger partial charge >= 0.3 is 0 Å². The number of aliphatic hydroxyl groups excluding tert-OH is 1. The lowest BCUT2D eigenvalue weighted by molar-refractivity contribution is 0.240. The molecule has 2 rings (SSSR count). The van der Waals surface area contributed by atoms with Crippen LogP contribution in [-0.2, 0) is 6.42 Å². The smallest absolute Gasteiger partial charge is 0.0582 e. The second kappa shape index (κ2) is 4.11. The lowest BCUT2D eigenvalue weighted by Crippen LogP contribution is -2.32. The average Bonchev–Trinajstić information content (AvgIpc) is 2.62. The van der Waals surface area contributed by atoms with Gasteiger partial charge in [0.15, 0.2) is 0 Å². The van der Waals surface area contributed by atoms with Crippen molar-refractivity contribution in [3.63, 3.8) is 0 Å². The van der Waals surface area contributed by atoms with Gasteiger partial charge in [-0.05, 0) is 30.9 Å². The van der Waals surface area contributed by atoms with Gasteiger partial charge in [0.2, 0.25) is 0 Å². The van der Waals surface area contributed by atoms with E-state index in [1.165, 1.54) is 11.1 Å². The largest absolute Gasteiger partial charge is 0.395 e. The van der Waals surface area contributed by atoms with Crippen LogP contribution in [0.3, 0.4) is 0 Å². The molecule has 1 aromatic carbocycles. The molecule has 0 fully saturated rings. The molecule has 0 amide bonds. The maximum absolute atomic E-state index is 8.98. The summed E-state index contributed by atoms with van der Waals surface area (Å²) in [5.74, 6) is 0. The quantitative estimate of drug-likeness (QED) is 0.761. The van der Waals surface area contributed by atoms with E-state index in [0.717, 1.165) is 12.8 Å². The molecule has 0 bridgehead atoms. The summed E-state index contributed by atoms with van der Waals surface area (Å²) in [6, 6.07) is 9.18. The molecule has 0 heterocycles. The summed E-state index contributed by atoms with van der Waals surface area (Å²) < 4.78 is 0. The monoisotopic (exact) mass is 191 g/mol. The SMILES string of the molecule is CC(CO)NC1CCc2ccccc21. The third kappa shape index (κ3) is 1.81. The van der Waals surface area contributed by atoms with Gasteiger partial charge in [-0.3, -0.25) is 0 Å². The van der Waals surface area contributed by atoms with Crippen LogP contribution < -0.4 is 5.32 Å². The number of aliphatic hydroxyl groups is 1. The summed E-state index contributed by atoms with van der Waals surface area (Å²) in [7, 11) is 0. The number of nitrogens with one attached hydrogen (secondary N) is 1. The Morgan fingerprint density at radius 2 is 2.29 bits per heavy atom. The van der Waals surface area contributed by atoms with Crippen LogP contribution in [0.1, 0.15) is 30.5 Å². The second-order valence-corrected chi connectivity index (χ2v) is 4.04. The molecule has 0 saturated carbocycles. The molecular formula is C12H17NO. The van der Waals surface area contributed by atoms with Crippen LogP contribution in [0.5, 0.6) is 0 Å². The number of hydrogen-bond acceptors (Lipinski definition) is 2. The molecule has 1 aromatic rings. The van der Waals surface area contributed by atoms with E-state index < -0.39 is 0 Å². The van der Waals surface area contributed by atoms with Gasteiger partial charge in [-0.2, -0.15) is 0 Å². The van der Waals surface area contributed by atoms with E-state index in [1.54, 1.807) is 0 Å². The van der Waals surface area contributed by atoms with E-state index in [0.29, 0.717) is 6.04 Å². The van der Waals surface area contributed by atoms with Crippen molar-refractivity contribution in [1.29, 1.82) is 0 Å². The average molecular weight is 191 g/mol. The Hall–Kier alpha value is -0.860. The maximum Gasteiger partial charge on any atom is 0.0582 e. The van der Waals surface area contributed by atoms with Crippen LogP contribution in [0.15, 0.2) is 24.3 Å². The zero-order valence-corrected chi connectivity index (χ0v) is 8.53. The van der Waals surface area contributed by atoms with Gasteiger partial charge < -0.3 is 10.4 Å². The topological polar surface area (TPSA) is 32.3 Å². The van der Waals surface area contributed by atoms with Crippen LogP contribution in [0.25, 0.3) is 0 Å². The third-order valence-corrected chi connectivity index (χ3v) is 2.89. The minimum atomic E-state index is 0.186. The van der Waals surface area contributed by atoms with Crippen molar-refractivity contribution in [3.8, 4) is 0 Å². The minimum absolute atomic E-state index is 0.186. The van der Waals surface area contributed by atoms with Crippen LogP contribution in [0, 0.1) is 0 Å². The highest BCUT2D eigenvalue weighted by Crippen LogP contribution is 2.30. The van der Waals surface area contributed by atoms with Crippen LogP contribution >= 0.6 is 0 Å². The van der Waals surface area contributed by atoms with E-state index >= 15 is 0 Å². The highest BCUT2D eigenvalue weighted by Gasteiger charge is 2.22. The van der Waals surface area contributed by atoms with Gasteiger partial charge in [0.05, 0.1) is 6.61 Å². The van der Waals surface area contributed by atoms with Crippen LogP contribution in [0.2, 0.25) is 0 Å². The molecule has 2 atom stereocenters. The predicted molar refractivity (Wildman–Crippen MR) is 57.2 cm³/mol. The lowest BCUT2D eigenvalue weighted by atomic mass is 10.1. The summed E-state index contributed by atoms with van der Waals surface area (Å²) in [5.41, 5.74) is 2.86. The van der Waals surface area contributed by atoms with Gasteiger partial charge in [-0.25, -0.2) is 0 Å². The molecule has 1 aliphatic carbocycles. The summed E-state index contributed by atoms with van der Waals surface area (Å²) in [6.07, 6.45) is 2.32. The van der Waals surface area contributed by atoms with E-state index in [1.807, 2.05) is 6.92 Å². The Kier molecular flexibility index (Phi) is 2.85. The first-order valence-corrected chi connectivity index (χ1v) is 5.26. The molecule has 0 spiro atoms. The fourth-order valence-electron chi connectivity index (χ4n) is 2.13. The highest BCUT2D eigenvalue weighted by molar-refractivity contribution is 5.34. The summed E-state index contributed by atoms with van der Waals surface area (Å²) in [4.78, 5) is 0. The summed E-state index contributed by atoms with van der Waals surface area (Å²) in [5, 5.41) is 12.4. The summed E-state index contributed by atoms with van der Waals surface area (Å²) >= 11 is 0. The molecule has 0 aliphatic heterocycles. The maximum atomic E-state index is 8.98. The molecule has 0 radical (unpaired) electrons. The number of rotatable bonds is 3. The number of hydrogen-bond donors (Lipinski definition) is 2. The fourth-order valence-corrected chi connectivity index (χ4v) is 2.13. The Morgan fingerprint density at radius 1 is 1.50 bits per heavy atom. The third-order valence-electron chi connectivity index (χ3n) is 2.89. The highest BCUT2D eigenvalue weighted by atomic mass is 16.3. The standard InChI is InChI=1S/C12H17NO/c1-9(8-14)13-12-7-6-10-4-2-3-5-11(10)12/h2-5,9,12-14H,6-8H2,1H3. The number of aryl methyl sites for hydroxylation is 1. The van der Waals surface area contributed by atoms with Gasteiger partial charge in [-0.15, -0.1) is 0 Å². The molecular weight excluding hydrogens is 174 g/mol. The Morgan fingerprint density at radius 3 is 3.07 bits per heavy atom. The first-order valence-electron chi connectivity index (χ1n) is 5.26. The van der Waals surface area contributed by atoms with E-state index in [4.69, 9.17) is 5.11 Å². The van der Waals surface area contributed by atoms with Crippen molar-refractivity contribution in [2.45, 2.75) is 31.8 Å². The van der Waals surface area contributed by atoms with E-state index in [9.17, 15) is 0 Å². The van der Waals surface area contributed by atoms with Crippen LogP contribution in [0.4, 0.5) is 0 Å². The molecule has 2 unspecified atom stereocenters. The first kappa shape index (κ1) is 9.69. The number of benzene rings is 1. The molecule has 14 heavy (non-hydrogen) atoms. The molecule has 2 nitrogen and oxygen atoms in total. The molecule has 2 N–H and O–H groups in total. The van der Waals surface area contributed by atoms with Crippen molar-refractivity contribution in [3.05, 3.63) is 35.4 Å². The zero-order valence-electron chi connectivity index (χ0n) is 8.53. The lowest BCUT2D eigenvalue weighted by Gasteiger charge is -2.18. The summed E-state index contributed by atoms with van der Waals surface area (Å²) in [6.45, 7) is 2.22. The zero-order chi connectivity index (χ0) is 9.97. The van der Waals surface area contributed by atoms with Gasteiger partial charge in [0.1, 0.15) is 0 Å². The second-order valence-electron chi connectivity index (χ2n) is 4.04. The molecule has 1 aliphatic rings. The Bertz CT molecular complexity index is 311. The normalized spacial score (nSPS) is 22.0. The van der Waals surface area contributed by atoms with Gasteiger partial charge in [0.25, 0.3) is 0 Å². The predicted octanol–water partition coefficient (Wildman–Crippen LogP) is 1.64. The number of fused-ring (bicyclic) bond motifs is 1. The molecule has 76 valence electrons. The van der Waals surface area contributed by atoms with Crippen molar-refractivity contribution in [1.82, 2.24) is 5.32 Å². The molecule has 0 aromatic heterocycles. The van der Waals surface area contributed by atoms with Gasteiger partial charge in [-0.1, -0.05) is 24.3 Å². The molecule has 0 saturated heterocycles. The van der Waals surface area contributed by atoms with Crippen molar-refractivity contribution in [2.24, 2.45) is 0 Å². The fraction of sp³-hybridized carbons (Fsp3) is 0.500. The Balaban J connectivity index is 2.10. The van der Waals surface area contributed by atoms with Gasteiger partial charge in [0, 0.05) is 12.1 Å². The van der Waals surface area contributed by atoms with Crippen molar-refractivity contribution in [2.75, 3.05) is 6.61 Å². The van der Waals surface area contributed by atoms with E-state index in [-0.39, 0.29) is 12.6 Å². The van der Waals surface area contributed by atoms with Crippen LogP contribution in [-0.4, -0.2) is 17.8 Å².